The van der Waals surface area contributed by atoms with Crippen molar-refractivity contribution in [2.24, 2.45) is 0 Å². The summed E-state index contributed by atoms with van der Waals surface area (Å²) in [6.45, 7) is 6.26. The number of halogens is 3. The molecule has 0 heterocycles. The third-order valence-corrected chi connectivity index (χ3v) is 3.66. The first kappa shape index (κ1) is 23.6. The van der Waals surface area contributed by atoms with Gasteiger partial charge in [0, 0.05) is 0 Å². The van der Waals surface area contributed by atoms with Crippen LogP contribution in [0.25, 0.3) is 0 Å². The Bertz CT molecular complexity index is 672. The summed E-state index contributed by atoms with van der Waals surface area (Å²) in [5.41, 5.74) is -0.339. The van der Waals surface area contributed by atoms with Gasteiger partial charge in [0.1, 0.15) is 6.04 Å². The minimum atomic E-state index is -4.79. The predicted octanol–water partition coefficient (Wildman–Crippen LogP) is 3.33. The van der Waals surface area contributed by atoms with Gasteiger partial charge in [0.2, 0.25) is 12.2 Å². The van der Waals surface area contributed by atoms with Gasteiger partial charge in [0.25, 0.3) is 5.91 Å². The Morgan fingerprint density at radius 2 is 1.75 bits per heavy atom. The van der Waals surface area contributed by atoms with Gasteiger partial charge in [-0.2, -0.15) is 13.2 Å². The number of hydrogen-bond acceptors (Lipinski definition) is 4. The van der Waals surface area contributed by atoms with E-state index >= 15 is 0 Å². The normalized spacial score (nSPS) is 14.1. The molecule has 0 bridgehead atoms. The molecule has 1 aromatic carbocycles. The Hall–Kier alpha value is -2.42. The van der Waals surface area contributed by atoms with Crippen molar-refractivity contribution in [2.45, 2.75) is 64.4 Å². The highest BCUT2D eigenvalue weighted by atomic mass is 19.4. The molecule has 0 fully saturated rings. The number of ketones is 1. The Labute approximate surface area is 162 Å². The van der Waals surface area contributed by atoms with Crippen molar-refractivity contribution in [3.05, 3.63) is 35.9 Å². The van der Waals surface area contributed by atoms with Crippen molar-refractivity contribution >= 4 is 18.1 Å². The third-order valence-electron chi connectivity index (χ3n) is 3.66. The molecular weight excluding hydrogens is 377 g/mol. The van der Waals surface area contributed by atoms with E-state index in [1.54, 1.807) is 37.3 Å². The van der Waals surface area contributed by atoms with Crippen LogP contribution in [-0.4, -0.2) is 41.0 Å². The number of rotatable bonds is 9. The lowest BCUT2D eigenvalue weighted by Gasteiger charge is -2.32. The van der Waals surface area contributed by atoms with Crippen LogP contribution in [0.2, 0.25) is 0 Å². The average molecular weight is 402 g/mol. The molecule has 0 saturated carbocycles. The molecule has 2 unspecified atom stereocenters. The Morgan fingerprint density at radius 3 is 2.18 bits per heavy atom. The summed E-state index contributed by atoms with van der Waals surface area (Å²) in [5, 5.41) is 2.70. The SMILES string of the molecule is CCC(NC(=O)C(=O)C(CC(F)(F)F)N(C=O)OC(C)(C)C)c1ccccc1. The van der Waals surface area contributed by atoms with Gasteiger partial charge in [-0.1, -0.05) is 37.3 Å². The fourth-order valence-corrected chi connectivity index (χ4v) is 2.48. The summed E-state index contributed by atoms with van der Waals surface area (Å²) in [5.74, 6) is -2.61. The van der Waals surface area contributed by atoms with Crippen molar-refractivity contribution < 1.29 is 32.4 Å². The minimum absolute atomic E-state index is 0.0265. The predicted molar refractivity (Wildman–Crippen MR) is 95.8 cm³/mol. The van der Waals surface area contributed by atoms with E-state index in [0.717, 1.165) is 0 Å². The van der Waals surface area contributed by atoms with Crippen molar-refractivity contribution in [3.63, 3.8) is 0 Å². The number of benzene rings is 1. The fourth-order valence-electron chi connectivity index (χ4n) is 2.48. The van der Waals surface area contributed by atoms with Gasteiger partial charge in [-0.05, 0) is 32.8 Å². The van der Waals surface area contributed by atoms with Crippen LogP contribution in [0, 0.1) is 0 Å². The standard InChI is InChI=1S/C19H25F3N2O4/c1-5-14(13-9-7-6-8-10-13)23-17(27)16(26)15(11-19(20,21)22)24(12-25)28-18(2,3)4/h6-10,12,14-15H,5,11H2,1-4H3,(H,23,27). The van der Waals surface area contributed by atoms with Gasteiger partial charge < -0.3 is 5.32 Å². The van der Waals surface area contributed by atoms with Crippen molar-refractivity contribution in [1.82, 2.24) is 10.4 Å². The summed E-state index contributed by atoms with van der Waals surface area (Å²) < 4.78 is 38.9. The van der Waals surface area contributed by atoms with Gasteiger partial charge in [-0.25, -0.2) is 5.06 Å². The first-order valence-corrected chi connectivity index (χ1v) is 8.77. The number of carbonyl (C=O) groups excluding carboxylic acids is 3. The van der Waals surface area contributed by atoms with E-state index in [-0.39, 0.29) is 11.5 Å². The lowest BCUT2D eigenvalue weighted by Crippen LogP contribution is -2.51. The topological polar surface area (TPSA) is 75.7 Å². The van der Waals surface area contributed by atoms with Gasteiger partial charge in [-0.3, -0.25) is 19.2 Å². The molecule has 6 nitrogen and oxygen atoms in total. The zero-order valence-electron chi connectivity index (χ0n) is 16.2. The number of nitrogens with zero attached hydrogens (tertiary/aromatic N) is 1. The van der Waals surface area contributed by atoms with Crippen LogP contribution in [-0.2, 0) is 19.2 Å². The highest BCUT2D eigenvalue weighted by molar-refractivity contribution is 6.38. The minimum Gasteiger partial charge on any atom is -0.343 e. The Morgan fingerprint density at radius 1 is 1.18 bits per heavy atom. The second kappa shape index (κ2) is 9.68. The van der Waals surface area contributed by atoms with Crippen molar-refractivity contribution in [1.29, 1.82) is 0 Å². The van der Waals surface area contributed by atoms with Crippen molar-refractivity contribution in [3.8, 4) is 0 Å². The number of amides is 2. The van der Waals surface area contributed by atoms with E-state index < -0.39 is 42.0 Å². The summed E-state index contributed by atoms with van der Waals surface area (Å²) in [6, 6.07) is 6.03. The largest absolute Gasteiger partial charge is 0.391 e. The summed E-state index contributed by atoms with van der Waals surface area (Å²) >= 11 is 0. The van der Waals surface area contributed by atoms with E-state index in [4.69, 9.17) is 4.84 Å². The summed E-state index contributed by atoms with van der Waals surface area (Å²) in [7, 11) is 0. The smallest absolute Gasteiger partial charge is 0.343 e. The van der Waals surface area contributed by atoms with Crippen LogP contribution in [0.1, 0.15) is 52.1 Å². The molecule has 0 saturated heterocycles. The van der Waals surface area contributed by atoms with Crippen LogP contribution in [0.15, 0.2) is 30.3 Å². The number of nitrogens with one attached hydrogen (secondary N) is 1. The maximum absolute atomic E-state index is 13.0. The zero-order chi connectivity index (χ0) is 21.5. The zero-order valence-corrected chi connectivity index (χ0v) is 16.2. The quantitative estimate of drug-likeness (QED) is 0.391. The molecule has 1 N–H and O–H groups in total. The first-order valence-electron chi connectivity index (χ1n) is 8.77. The average Bonchev–Trinajstić information content (AvgIpc) is 2.60. The van der Waals surface area contributed by atoms with E-state index in [9.17, 15) is 27.6 Å². The number of carbonyl (C=O) groups is 3. The van der Waals surface area contributed by atoms with E-state index in [0.29, 0.717) is 12.0 Å². The number of Topliss-reactive ketones (excluding diaryl/α,β-unsaturated/α-hetero) is 1. The molecule has 0 aliphatic rings. The number of hydroxylamine groups is 2. The van der Waals surface area contributed by atoms with Crippen LogP contribution >= 0.6 is 0 Å². The molecule has 9 heteroatoms. The lowest BCUT2D eigenvalue weighted by atomic mass is 10.0. The molecule has 0 aliphatic carbocycles. The van der Waals surface area contributed by atoms with Gasteiger partial charge >= 0.3 is 6.18 Å². The molecular formula is C19H25F3N2O4. The molecule has 0 aliphatic heterocycles. The molecule has 28 heavy (non-hydrogen) atoms. The summed E-state index contributed by atoms with van der Waals surface area (Å²) in [4.78, 5) is 41.3. The molecule has 0 radical (unpaired) electrons. The van der Waals surface area contributed by atoms with Gasteiger partial charge in [0.15, 0.2) is 0 Å². The Kier molecular flexibility index (Phi) is 8.16. The van der Waals surface area contributed by atoms with Gasteiger partial charge in [0.05, 0.1) is 18.1 Å². The monoisotopic (exact) mass is 402 g/mol. The van der Waals surface area contributed by atoms with E-state index in [1.807, 2.05) is 0 Å². The summed E-state index contributed by atoms with van der Waals surface area (Å²) in [6.07, 6.45) is -6.09. The lowest BCUT2D eigenvalue weighted by molar-refractivity contribution is -0.244. The first-order chi connectivity index (χ1) is 12.9. The molecule has 1 aromatic rings. The third kappa shape index (κ3) is 7.67. The van der Waals surface area contributed by atoms with Crippen LogP contribution in [0.5, 0.6) is 0 Å². The second-order valence-electron chi connectivity index (χ2n) is 7.21. The maximum atomic E-state index is 13.0. The van der Waals surface area contributed by atoms with Gasteiger partial charge in [-0.15, -0.1) is 0 Å². The number of hydrogen-bond donors (Lipinski definition) is 1. The highest BCUT2D eigenvalue weighted by Crippen LogP contribution is 2.26. The van der Waals surface area contributed by atoms with E-state index in [2.05, 4.69) is 5.32 Å². The Balaban J connectivity index is 3.06. The van der Waals surface area contributed by atoms with Crippen LogP contribution in [0.3, 0.4) is 0 Å². The molecule has 2 atom stereocenters. The molecule has 2 amide bonds. The molecule has 156 valence electrons. The molecule has 0 spiro atoms. The molecule has 0 aromatic heterocycles. The van der Waals surface area contributed by atoms with Crippen LogP contribution in [0.4, 0.5) is 13.2 Å². The van der Waals surface area contributed by atoms with E-state index in [1.165, 1.54) is 20.8 Å². The second-order valence-corrected chi connectivity index (χ2v) is 7.21. The molecule has 1 rings (SSSR count). The van der Waals surface area contributed by atoms with Crippen molar-refractivity contribution in [2.75, 3.05) is 0 Å². The highest BCUT2D eigenvalue weighted by Gasteiger charge is 2.42. The maximum Gasteiger partial charge on any atom is 0.391 e. The van der Waals surface area contributed by atoms with Crippen LogP contribution < -0.4 is 5.32 Å². The fraction of sp³-hybridized carbons (Fsp3) is 0.526. The number of alkyl halides is 3.